The maximum atomic E-state index is 12.4. The zero-order valence-corrected chi connectivity index (χ0v) is 14.1. The molecule has 0 radical (unpaired) electrons. The number of nitrogens with one attached hydrogen (secondary N) is 1. The van der Waals surface area contributed by atoms with Gasteiger partial charge in [0.15, 0.2) is 5.69 Å². The van der Waals surface area contributed by atoms with E-state index in [0.717, 1.165) is 24.6 Å². The number of hydrogen-bond acceptors (Lipinski definition) is 6. The van der Waals surface area contributed by atoms with Gasteiger partial charge < -0.3 is 15.0 Å². The molecule has 2 aromatic heterocycles. The molecule has 8 heteroatoms. The molecule has 132 valence electrons. The van der Waals surface area contributed by atoms with Crippen LogP contribution in [0.1, 0.15) is 10.5 Å². The van der Waals surface area contributed by atoms with Gasteiger partial charge in [-0.15, -0.1) is 5.10 Å². The highest BCUT2D eigenvalue weighted by Crippen LogP contribution is 2.16. The van der Waals surface area contributed by atoms with Crippen molar-refractivity contribution >= 4 is 17.4 Å². The fourth-order valence-corrected chi connectivity index (χ4v) is 2.69. The van der Waals surface area contributed by atoms with Gasteiger partial charge in [-0.3, -0.25) is 4.79 Å². The first-order valence-electron chi connectivity index (χ1n) is 8.37. The van der Waals surface area contributed by atoms with Crippen LogP contribution >= 0.6 is 0 Å². The van der Waals surface area contributed by atoms with Gasteiger partial charge in [-0.2, -0.15) is 9.90 Å². The summed E-state index contributed by atoms with van der Waals surface area (Å²) in [6.45, 7) is 3.05. The molecule has 3 heterocycles. The first-order chi connectivity index (χ1) is 12.8. The van der Waals surface area contributed by atoms with Gasteiger partial charge >= 0.3 is 0 Å². The standard InChI is InChI=1S/C18H18N6O2/c25-18(16-13-20-24(22-16)15-4-2-1-3-5-15)21-14-6-7-17(19-12-14)23-8-10-26-11-9-23/h1-7,12-13H,8-11H2,(H,21,25). The van der Waals surface area contributed by atoms with Gasteiger partial charge in [-0.1, -0.05) is 18.2 Å². The maximum absolute atomic E-state index is 12.4. The van der Waals surface area contributed by atoms with Crippen LogP contribution in [0.15, 0.2) is 54.9 Å². The van der Waals surface area contributed by atoms with Crippen molar-refractivity contribution in [2.75, 3.05) is 36.5 Å². The quantitative estimate of drug-likeness (QED) is 0.772. The van der Waals surface area contributed by atoms with Gasteiger partial charge in [0, 0.05) is 13.1 Å². The molecule has 1 amide bonds. The summed E-state index contributed by atoms with van der Waals surface area (Å²) < 4.78 is 5.34. The second-order valence-electron chi connectivity index (χ2n) is 5.81. The molecule has 1 fully saturated rings. The molecule has 0 aliphatic carbocycles. The lowest BCUT2D eigenvalue weighted by atomic mass is 10.3. The minimum atomic E-state index is -0.326. The highest BCUT2D eigenvalue weighted by atomic mass is 16.5. The van der Waals surface area contributed by atoms with Crippen LogP contribution in [0.5, 0.6) is 0 Å². The number of anilines is 2. The van der Waals surface area contributed by atoms with Crippen molar-refractivity contribution in [1.29, 1.82) is 0 Å². The maximum Gasteiger partial charge on any atom is 0.277 e. The SMILES string of the molecule is O=C(Nc1ccc(N2CCOCC2)nc1)c1cnn(-c2ccccc2)n1. The zero-order chi connectivity index (χ0) is 17.8. The number of morpholine rings is 1. The largest absolute Gasteiger partial charge is 0.378 e. The molecule has 0 saturated carbocycles. The first kappa shape index (κ1) is 16.2. The van der Waals surface area contributed by atoms with E-state index < -0.39 is 0 Å². The molecule has 3 aromatic rings. The van der Waals surface area contributed by atoms with Gasteiger partial charge in [0.1, 0.15) is 5.82 Å². The number of benzene rings is 1. The van der Waals surface area contributed by atoms with Crippen LogP contribution < -0.4 is 10.2 Å². The van der Waals surface area contributed by atoms with E-state index in [-0.39, 0.29) is 11.6 Å². The Hall–Kier alpha value is -3.26. The predicted octanol–water partition coefficient (Wildman–Crippen LogP) is 1.75. The Balaban J connectivity index is 1.42. The number of hydrogen-bond donors (Lipinski definition) is 1. The Kier molecular flexibility index (Phi) is 4.57. The van der Waals surface area contributed by atoms with Crippen LogP contribution in [0.2, 0.25) is 0 Å². The van der Waals surface area contributed by atoms with Crippen LogP contribution in [0, 0.1) is 0 Å². The Morgan fingerprint density at radius 1 is 1.04 bits per heavy atom. The number of ether oxygens (including phenoxy) is 1. The zero-order valence-electron chi connectivity index (χ0n) is 14.1. The third-order valence-electron chi connectivity index (χ3n) is 4.05. The number of nitrogens with zero attached hydrogens (tertiary/aromatic N) is 5. The number of rotatable bonds is 4. The molecule has 8 nitrogen and oxygen atoms in total. The molecule has 1 aromatic carbocycles. The van der Waals surface area contributed by atoms with Crippen LogP contribution in [0.3, 0.4) is 0 Å². The molecule has 0 unspecified atom stereocenters. The summed E-state index contributed by atoms with van der Waals surface area (Å²) in [5.74, 6) is 0.550. The third-order valence-corrected chi connectivity index (χ3v) is 4.05. The average Bonchev–Trinajstić information content (AvgIpc) is 3.20. The summed E-state index contributed by atoms with van der Waals surface area (Å²) >= 11 is 0. The average molecular weight is 350 g/mol. The van der Waals surface area contributed by atoms with Gasteiger partial charge in [0.2, 0.25) is 0 Å². The minimum Gasteiger partial charge on any atom is -0.378 e. The van der Waals surface area contributed by atoms with E-state index in [9.17, 15) is 4.79 Å². The van der Waals surface area contributed by atoms with E-state index in [4.69, 9.17) is 4.74 Å². The van der Waals surface area contributed by atoms with Gasteiger partial charge in [0.25, 0.3) is 5.91 Å². The second-order valence-corrected chi connectivity index (χ2v) is 5.81. The van der Waals surface area contributed by atoms with Crippen molar-refractivity contribution in [3.63, 3.8) is 0 Å². The Morgan fingerprint density at radius 2 is 1.85 bits per heavy atom. The molecular formula is C18H18N6O2. The highest BCUT2D eigenvalue weighted by Gasteiger charge is 2.14. The Labute approximate surface area is 150 Å². The third kappa shape index (κ3) is 3.55. The fourth-order valence-electron chi connectivity index (χ4n) is 2.69. The number of carbonyl (C=O) groups excluding carboxylic acids is 1. The molecule has 4 rings (SSSR count). The summed E-state index contributed by atoms with van der Waals surface area (Å²) in [6.07, 6.45) is 3.09. The smallest absolute Gasteiger partial charge is 0.277 e. The van der Waals surface area contributed by atoms with E-state index in [2.05, 4.69) is 25.4 Å². The van der Waals surface area contributed by atoms with Crippen molar-refractivity contribution in [3.05, 3.63) is 60.6 Å². The van der Waals surface area contributed by atoms with Crippen LogP contribution in [0.4, 0.5) is 11.5 Å². The van der Waals surface area contributed by atoms with E-state index >= 15 is 0 Å². The second kappa shape index (κ2) is 7.32. The van der Waals surface area contributed by atoms with Gasteiger partial charge in [0.05, 0.1) is 37.0 Å². The summed E-state index contributed by atoms with van der Waals surface area (Å²) in [6, 6.07) is 13.2. The fraction of sp³-hybridized carbons (Fsp3) is 0.222. The number of pyridine rings is 1. The molecule has 26 heavy (non-hydrogen) atoms. The number of carbonyl (C=O) groups is 1. The number of aromatic nitrogens is 4. The summed E-state index contributed by atoms with van der Waals surface area (Å²) in [4.78, 5) is 20.4. The lowest BCUT2D eigenvalue weighted by Crippen LogP contribution is -2.36. The van der Waals surface area contributed by atoms with Crippen molar-refractivity contribution in [2.45, 2.75) is 0 Å². The molecular weight excluding hydrogens is 332 g/mol. The molecule has 1 aliphatic heterocycles. The first-order valence-corrected chi connectivity index (χ1v) is 8.37. The number of amides is 1. The van der Waals surface area contributed by atoms with Crippen molar-refractivity contribution in [1.82, 2.24) is 20.0 Å². The van der Waals surface area contributed by atoms with Crippen LogP contribution in [-0.2, 0) is 4.74 Å². The monoisotopic (exact) mass is 350 g/mol. The molecule has 1 N–H and O–H groups in total. The van der Waals surface area contributed by atoms with Gasteiger partial charge in [-0.25, -0.2) is 4.98 Å². The summed E-state index contributed by atoms with van der Waals surface area (Å²) in [5, 5.41) is 11.1. The Morgan fingerprint density at radius 3 is 2.58 bits per heavy atom. The lowest BCUT2D eigenvalue weighted by Gasteiger charge is -2.27. The predicted molar refractivity (Wildman–Crippen MR) is 96.6 cm³/mol. The minimum absolute atomic E-state index is 0.242. The topological polar surface area (TPSA) is 85.2 Å². The molecule has 0 atom stereocenters. The normalized spacial score (nSPS) is 14.2. The van der Waals surface area contributed by atoms with Crippen LogP contribution in [0.25, 0.3) is 5.69 Å². The number of para-hydroxylation sites is 1. The molecule has 1 aliphatic rings. The highest BCUT2D eigenvalue weighted by molar-refractivity contribution is 6.02. The van der Waals surface area contributed by atoms with E-state index in [1.54, 1.807) is 6.20 Å². The molecule has 0 bridgehead atoms. The molecule has 1 saturated heterocycles. The van der Waals surface area contributed by atoms with E-state index in [1.807, 2.05) is 42.5 Å². The summed E-state index contributed by atoms with van der Waals surface area (Å²) in [5.41, 5.74) is 1.65. The lowest BCUT2D eigenvalue weighted by molar-refractivity contribution is 0.102. The van der Waals surface area contributed by atoms with E-state index in [0.29, 0.717) is 18.9 Å². The Bertz CT molecular complexity index is 872. The van der Waals surface area contributed by atoms with Crippen molar-refractivity contribution in [2.24, 2.45) is 0 Å². The summed E-state index contributed by atoms with van der Waals surface area (Å²) in [7, 11) is 0. The van der Waals surface area contributed by atoms with E-state index in [1.165, 1.54) is 11.0 Å². The van der Waals surface area contributed by atoms with Crippen LogP contribution in [-0.4, -0.2) is 52.2 Å². The van der Waals surface area contributed by atoms with Gasteiger partial charge in [-0.05, 0) is 24.3 Å². The molecule has 0 spiro atoms. The van der Waals surface area contributed by atoms with Crippen molar-refractivity contribution in [3.8, 4) is 5.69 Å². The van der Waals surface area contributed by atoms with Crippen molar-refractivity contribution < 1.29 is 9.53 Å².